The summed E-state index contributed by atoms with van der Waals surface area (Å²) in [5.41, 5.74) is 6.09. The summed E-state index contributed by atoms with van der Waals surface area (Å²) < 4.78 is 2.40. The molecule has 3 aromatic rings. The van der Waals surface area contributed by atoms with E-state index >= 15 is 0 Å². The van der Waals surface area contributed by atoms with Gasteiger partial charge in [0.05, 0.1) is 18.3 Å². The molecule has 0 bridgehead atoms. The lowest BCUT2D eigenvalue weighted by Gasteiger charge is -2.43. The van der Waals surface area contributed by atoms with Gasteiger partial charge in [0, 0.05) is 29.9 Å². The Morgan fingerprint density at radius 1 is 0.970 bits per heavy atom. The summed E-state index contributed by atoms with van der Waals surface area (Å²) in [6, 6.07) is 14.7. The number of hydrogen-bond acceptors (Lipinski definition) is 3. The lowest BCUT2D eigenvalue weighted by atomic mass is 10.1. The van der Waals surface area contributed by atoms with Gasteiger partial charge >= 0.3 is 6.09 Å². The zero-order valence-corrected chi connectivity index (χ0v) is 21.6. The number of anilines is 2. The molecule has 0 radical (unpaired) electrons. The molecule has 6 nitrogen and oxygen atoms in total. The van der Waals surface area contributed by atoms with Crippen molar-refractivity contribution in [3.8, 4) is 0 Å². The second-order valence-corrected chi connectivity index (χ2v) is 15.8. The van der Waals surface area contributed by atoms with Crippen LogP contribution in [0.1, 0.15) is 47.1 Å². The van der Waals surface area contributed by atoms with Gasteiger partial charge in [-0.3, -0.25) is 4.35 Å². The van der Waals surface area contributed by atoms with E-state index in [4.69, 9.17) is 5.10 Å². The molecule has 0 atom stereocenters. The first kappa shape index (κ1) is 23.4. The molecular weight excluding hydrogens is 428 g/mol. The Kier molecular flexibility index (Phi) is 6.27. The molecule has 4 rings (SSSR count). The minimum absolute atomic E-state index is 0.410. The molecular formula is C26H36N4O2Si. The Morgan fingerprint density at radius 3 is 2.27 bits per heavy atom. The molecule has 1 aliphatic rings. The maximum absolute atomic E-state index is 11.7. The number of hydrogen-bond donors (Lipinski definition) is 1. The normalized spacial score (nSPS) is 14.9. The van der Waals surface area contributed by atoms with Gasteiger partial charge in [-0.15, -0.1) is 0 Å². The standard InChI is InChI=1S/C26H36N4O2Si/c1-18(2)33(19(3)4,20(5)6)30-25-12-11-23(15-22(25)16-27-30)29-14-13-28(26(31)32)17-21-9-7-8-10-24(21)29/h7-12,15-16,18-20H,13-14,17H2,1-6H3,(H,31,32). The fourth-order valence-electron chi connectivity index (χ4n) is 6.20. The molecule has 0 fully saturated rings. The average molecular weight is 465 g/mol. The van der Waals surface area contributed by atoms with E-state index in [9.17, 15) is 9.90 Å². The molecule has 0 saturated heterocycles. The van der Waals surface area contributed by atoms with Gasteiger partial charge in [-0.2, -0.15) is 5.10 Å². The van der Waals surface area contributed by atoms with Crippen molar-refractivity contribution in [3.05, 3.63) is 54.2 Å². The molecule has 2 heterocycles. The zero-order valence-electron chi connectivity index (χ0n) is 20.6. The van der Waals surface area contributed by atoms with Gasteiger partial charge in [0.25, 0.3) is 0 Å². The van der Waals surface area contributed by atoms with Crippen LogP contribution in [-0.4, -0.2) is 46.9 Å². The van der Waals surface area contributed by atoms with Crippen LogP contribution in [0, 0.1) is 0 Å². The van der Waals surface area contributed by atoms with Crippen LogP contribution in [-0.2, 0) is 6.54 Å². The first-order valence-corrected chi connectivity index (χ1v) is 14.2. The van der Waals surface area contributed by atoms with E-state index in [-0.39, 0.29) is 0 Å². The van der Waals surface area contributed by atoms with Gasteiger partial charge in [-0.25, -0.2) is 4.79 Å². The average Bonchev–Trinajstić information content (AvgIpc) is 3.06. The van der Waals surface area contributed by atoms with Crippen molar-refractivity contribution < 1.29 is 9.90 Å². The summed E-state index contributed by atoms with van der Waals surface area (Å²) in [6.07, 6.45) is 1.14. The molecule has 0 spiro atoms. The molecule has 0 aliphatic carbocycles. The summed E-state index contributed by atoms with van der Waals surface area (Å²) in [6.45, 7) is 15.6. The van der Waals surface area contributed by atoms with E-state index in [1.165, 1.54) is 10.4 Å². The van der Waals surface area contributed by atoms with Crippen molar-refractivity contribution in [2.24, 2.45) is 0 Å². The van der Waals surface area contributed by atoms with Crippen LogP contribution < -0.4 is 4.90 Å². The van der Waals surface area contributed by atoms with Crippen molar-refractivity contribution in [3.63, 3.8) is 0 Å². The van der Waals surface area contributed by atoms with Gasteiger partial charge in [0.2, 0.25) is 0 Å². The van der Waals surface area contributed by atoms with E-state index < -0.39 is 14.3 Å². The molecule has 0 saturated carbocycles. The number of carbonyl (C=O) groups is 1. The Morgan fingerprint density at radius 2 is 1.64 bits per heavy atom. The topological polar surface area (TPSA) is 61.6 Å². The van der Waals surface area contributed by atoms with E-state index in [1.54, 1.807) is 0 Å². The lowest BCUT2D eigenvalue weighted by molar-refractivity contribution is 0.145. The first-order chi connectivity index (χ1) is 15.7. The van der Waals surface area contributed by atoms with Crippen LogP contribution >= 0.6 is 0 Å². The molecule has 1 N–H and O–H groups in total. The first-order valence-electron chi connectivity index (χ1n) is 12.0. The molecule has 1 amide bonds. The molecule has 33 heavy (non-hydrogen) atoms. The van der Waals surface area contributed by atoms with Gasteiger partial charge in [0.1, 0.15) is 0 Å². The van der Waals surface area contributed by atoms with Crippen LogP contribution in [0.3, 0.4) is 0 Å². The fourth-order valence-corrected chi connectivity index (χ4v) is 12.5. The van der Waals surface area contributed by atoms with Crippen LogP contribution in [0.15, 0.2) is 48.7 Å². The SMILES string of the molecule is CC(C)[Si](C(C)C)(C(C)C)n1ncc2cc(N3CCN(C(=O)O)Cc4ccccc43)ccc21. The number of carboxylic acid groups (broad SMARTS) is 1. The summed E-state index contributed by atoms with van der Waals surface area (Å²) in [7, 11) is -1.94. The highest BCUT2D eigenvalue weighted by Gasteiger charge is 2.47. The van der Waals surface area contributed by atoms with Gasteiger partial charge in [0.15, 0.2) is 8.24 Å². The van der Waals surface area contributed by atoms with Gasteiger partial charge in [-0.05, 0) is 46.5 Å². The van der Waals surface area contributed by atoms with Crippen molar-refractivity contribution in [1.29, 1.82) is 0 Å². The molecule has 2 aromatic carbocycles. The zero-order chi connectivity index (χ0) is 23.9. The monoisotopic (exact) mass is 464 g/mol. The van der Waals surface area contributed by atoms with Gasteiger partial charge < -0.3 is 14.9 Å². The smallest absolute Gasteiger partial charge is 0.407 e. The summed E-state index contributed by atoms with van der Waals surface area (Å²) in [5, 5.41) is 15.7. The quantitative estimate of drug-likeness (QED) is 0.427. The van der Waals surface area contributed by atoms with Gasteiger partial charge in [-0.1, -0.05) is 59.7 Å². The van der Waals surface area contributed by atoms with E-state index in [0.29, 0.717) is 36.3 Å². The maximum atomic E-state index is 11.7. The minimum Gasteiger partial charge on any atom is -0.465 e. The highest BCUT2D eigenvalue weighted by molar-refractivity contribution is 6.82. The molecule has 7 heteroatoms. The number of rotatable bonds is 5. The second-order valence-electron chi connectivity index (χ2n) is 10.1. The molecule has 1 aliphatic heterocycles. The van der Waals surface area contributed by atoms with Crippen LogP contribution in [0.2, 0.25) is 16.6 Å². The second kappa shape index (κ2) is 8.86. The predicted molar refractivity (Wildman–Crippen MR) is 138 cm³/mol. The summed E-state index contributed by atoms with van der Waals surface area (Å²) in [5.74, 6) is 0. The Labute approximate surface area is 197 Å². The third kappa shape index (κ3) is 3.82. The van der Waals surface area contributed by atoms with Crippen LogP contribution in [0.25, 0.3) is 10.9 Å². The number of aromatic nitrogens is 2. The molecule has 0 unspecified atom stereocenters. The third-order valence-corrected chi connectivity index (χ3v) is 14.2. The minimum atomic E-state index is -1.94. The largest absolute Gasteiger partial charge is 0.465 e. The molecule has 1 aromatic heterocycles. The third-order valence-electron chi connectivity index (χ3n) is 7.51. The number of amides is 1. The number of benzene rings is 2. The van der Waals surface area contributed by atoms with Crippen molar-refractivity contribution in [1.82, 2.24) is 14.3 Å². The highest BCUT2D eigenvalue weighted by atomic mass is 28.3. The number of nitrogens with zero attached hydrogens (tertiary/aromatic N) is 4. The Balaban J connectivity index is 1.80. The highest BCUT2D eigenvalue weighted by Crippen LogP contribution is 2.44. The number of fused-ring (bicyclic) bond motifs is 2. The van der Waals surface area contributed by atoms with E-state index in [0.717, 1.165) is 22.3 Å². The van der Waals surface area contributed by atoms with Crippen molar-refractivity contribution in [2.45, 2.75) is 64.7 Å². The summed E-state index contributed by atoms with van der Waals surface area (Å²) >= 11 is 0. The summed E-state index contributed by atoms with van der Waals surface area (Å²) in [4.78, 5) is 15.4. The Hall–Kier alpha value is -2.80. The van der Waals surface area contributed by atoms with Crippen molar-refractivity contribution >= 4 is 36.6 Å². The van der Waals surface area contributed by atoms with Crippen LogP contribution in [0.5, 0.6) is 0 Å². The van der Waals surface area contributed by atoms with Crippen molar-refractivity contribution in [2.75, 3.05) is 18.0 Å². The lowest BCUT2D eigenvalue weighted by Crippen LogP contribution is -2.52. The predicted octanol–water partition coefficient (Wildman–Crippen LogP) is 6.69. The number of para-hydroxylation sites is 1. The Bertz CT molecular complexity index is 1130. The maximum Gasteiger partial charge on any atom is 0.407 e. The van der Waals surface area contributed by atoms with E-state index in [2.05, 4.69) is 75.1 Å². The molecule has 176 valence electrons. The van der Waals surface area contributed by atoms with Crippen LogP contribution in [0.4, 0.5) is 16.2 Å². The fraction of sp³-hybridized carbons (Fsp3) is 0.462. The van der Waals surface area contributed by atoms with E-state index in [1.807, 2.05) is 24.4 Å².